The number of hydrogen-bond donors (Lipinski definition) is 0. The fourth-order valence-electron chi connectivity index (χ4n) is 1.50. The van der Waals surface area contributed by atoms with Crippen molar-refractivity contribution in [1.82, 2.24) is 0 Å². The molecule has 0 aliphatic heterocycles. The normalized spacial score (nSPS) is 11.1. The minimum atomic E-state index is 0.953. The van der Waals surface area contributed by atoms with Gasteiger partial charge in [0.05, 0.1) is 0 Å². The highest BCUT2D eigenvalue weighted by atomic mass is 13.9. The van der Waals surface area contributed by atoms with E-state index in [2.05, 4.69) is 43.5 Å². The maximum absolute atomic E-state index is 3.52. The lowest BCUT2D eigenvalue weighted by Gasteiger charge is -1.95. The van der Waals surface area contributed by atoms with Gasteiger partial charge in [-0.15, -0.1) is 5.73 Å². The molecule has 0 saturated carbocycles. The molecule has 0 rings (SSSR count). The van der Waals surface area contributed by atoms with E-state index in [1.807, 2.05) is 6.08 Å². The molecular formula is C16H26. The van der Waals surface area contributed by atoms with Crippen LogP contribution in [0.2, 0.25) is 0 Å². The summed E-state index contributed by atoms with van der Waals surface area (Å²) >= 11 is 0. The van der Waals surface area contributed by atoms with Gasteiger partial charge < -0.3 is 0 Å². The Morgan fingerprint density at radius 3 is 2.31 bits per heavy atom. The van der Waals surface area contributed by atoms with Gasteiger partial charge in [-0.1, -0.05) is 63.5 Å². The molecule has 0 aromatic rings. The lowest BCUT2D eigenvalue weighted by atomic mass is 10.1. The van der Waals surface area contributed by atoms with Crippen LogP contribution in [-0.2, 0) is 0 Å². The van der Waals surface area contributed by atoms with Crippen LogP contribution in [0.1, 0.15) is 58.3 Å². The number of unbranched alkanes of at least 4 members (excludes halogenated alkanes) is 5. The maximum atomic E-state index is 3.52. The summed E-state index contributed by atoms with van der Waals surface area (Å²) in [5.74, 6) is 0. The summed E-state index contributed by atoms with van der Waals surface area (Å²) in [6, 6.07) is 0. The van der Waals surface area contributed by atoms with Gasteiger partial charge in [0, 0.05) is 0 Å². The van der Waals surface area contributed by atoms with Gasteiger partial charge in [0.2, 0.25) is 0 Å². The molecule has 0 aromatic carbocycles. The van der Waals surface area contributed by atoms with Crippen molar-refractivity contribution >= 4 is 0 Å². The Hall–Kier alpha value is -1.00. The molecule has 0 N–H and O–H groups in total. The molecule has 0 aliphatic rings. The van der Waals surface area contributed by atoms with Gasteiger partial charge in [0.25, 0.3) is 0 Å². The SMILES string of the molecule is C=C=CCC=CCC=CCCCCCCC. The summed E-state index contributed by atoms with van der Waals surface area (Å²) in [4.78, 5) is 0. The molecule has 0 aromatic heterocycles. The van der Waals surface area contributed by atoms with Gasteiger partial charge in [-0.25, -0.2) is 0 Å². The predicted molar refractivity (Wildman–Crippen MR) is 74.6 cm³/mol. The molecule has 0 radical (unpaired) electrons. The lowest BCUT2D eigenvalue weighted by Crippen LogP contribution is -1.75. The molecule has 0 amide bonds. The minimum Gasteiger partial charge on any atom is -0.133 e. The first kappa shape index (κ1) is 15.0. The topological polar surface area (TPSA) is 0 Å². The van der Waals surface area contributed by atoms with Crippen molar-refractivity contribution < 1.29 is 0 Å². The third-order valence-electron chi connectivity index (χ3n) is 2.48. The average molecular weight is 218 g/mol. The molecule has 0 aliphatic carbocycles. The van der Waals surface area contributed by atoms with Crippen LogP contribution in [0.15, 0.2) is 42.7 Å². The molecule has 0 saturated heterocycles. The van der Waals surface area contributed by atoms with Crippen LogP contribution in [0.4, 0.5) is 0 Å². The highest BCUT2D eigenvalue weighted by Gasteiger charge is 1.85. The zero-order chi connectivity index (χ0) is 11.9. The third-order valence-corrected chi connectivity index (χ3v) is 2.48. The van der Waals surface area contributed by atoms with Crippen molar-refractivity contribution in [2.75, 3.05) is 0 Å². The smallest absolute Gasteiger partial charge is 0.00930 e. The Balaban J connectivity index is 3.21. The Kier molecular flexibility index (Phi) is 13.1. The van der Waals surface area contributed by atoms with Gasteiger partial charge in [-0.3, -0.25) is 0 Å². The van der Waals surface area contributed by atoms with Crippen LogP contribution >= 0.6 is 0 Å². The Morgan fingerprint density at radius 2 is 1.56 bits per heavy atom. The molecule has 0 bridgehead atoms. The highest BCUT2D eigenvalue weighted by Crippen LogP contribution is 2.05. The van der Waals surface area contributed by atoms with Crippen molar-refractivity contribution in [2.24, 2.45) is 0 Å². The van der Waals surface area contributed by atoms with Crippen LogP contribution in [0, 0.1) is 0 Å². The molecule has 0 nitrogen and oxygen atoms in total. The Bertz CT molecular complexity index is 226. The van der Waals surface area contributed by atoms with Crippen LogP contribution in [0.3, 0.4) is 0 Å². The third kappa shape index (κ3) is 13.0. The number of allylic oxidation sites excluding steroid dienone is 5. The molecular weight excluding hydrogens is 192 g/mol. The van der Waals surface area contributed by atoms with E-state index in [1.165, 1.54) is 38.5 Å². The van der Waals surface area contributed by atoms with Crippen molar-refractivity contribution in [2.45, 2.75) is 58.3 Å². The first-order chi connectivity index (χ1) is 7.91. The average Bonchev–Trinajstić information content (AvgIpc) is 2.31. The number of hydrogen-bond acceptors (Lipinski definition) is 0. The fourth-order valence-corrected chi connectivity index (χ4v) is 1.50. The summed E-state index contributed by atoms with van der Waals surface area (Å²) in [5.41, 5.74) is 2.76. The first-order valence-corrected chi connectivity index (χ1v) is 6.56. The lowest BCUT2D eigenvalue weighted by molar-refractivity contribution is 0.637. The van der Waals surface area contributed by atoms with E-state index in [9.17, 15) is 0 Å². The summed E-state index contributed by atoms with van der Waals surface area (Å²) in [5, 5.41) is 0. The van der Waals surface area contributed by atoms with Gasteiger partial charge in [0.15, 0.2) is 0 Å². The standard InChI is InChI=1S/C16H26/c1-3-5-7-9-11-13-15-16-14-12-10-8-6-4-2/h5,9,11,15-16H,1,4,6-8,10,12-14H2,2H3. The second-order valence-corrected chi connectivity index (χ2v) is 4.03. The Labute approximate surface area is 101 Å². The molecule has 0 unspecified atom stereocenters. The number of rotatable bonds is 10. The van der Waals surface area contributed by atoms with Crippen molar-refractivity contribution in [3.63, 3.8) is 0 Å². The van der Waals surface area contributed by atoms with Gasteiger partial charge in [0.1, 0.15) is 0 Å². The van der Waals surface area contributed by atoms with E-state index < -0.39 is 0 Å². The quantitative estimate of drug-likeness (QED) is 0.255. The van der Waals surface area contributed by atoms with Crippen molar-refractivity contribution in [3.05, 3.63) is 42.7 Å². The monoisotopic (exact) mass is 218 g/mol. The highest BCUT2D eigenvalue weighted by molar-refractivity contribution is 4.96. The molecule has 0 spiro atoms. The fraction of sp³-hybridized carbons (Fsp3) is 0.562. The second kappa shape index (κ2) is 14.0. The zero-order valence-corrected chi connectivity index (χ0v) is 10.8. The van der Waals surface area contributed by atoms with Crippen LogP contribution in [0.25, 0.3) is 0 Å². The van der Waals surface area contributed by atoms with Crippen molar-refractivity contribution in [3.8, 4) is 0 Å². The summed E-state index contributed by atoms with van der Waals surface area (Å²) < 4.78 is 0. The molecule has 0 heterocycles. The van der Waals surface area contributed by atoms with Crippen LogP contribution < -0.4 is 0 Å². The largest absolute Gasteiger partial charge is 0.133 e. The van der Waals surface area contributed by atoms with E-state index in [0.717, 1.165) is 12.8 Å². The summed E-state index contributed by atoms with van der Waals surface area (Å²) in [6.45, 7) is 5.78. The van der Waals surface area contributed by atoms with E-state index >= 15 is 0 Å². The Morgan fingerprint density at radius 1 is 0.875 bits per heavy atom. The summed E-state index contributed by atoms with van der Waals surface area (Å²) in [7, 11) is 0. The molecule has 16 heavy (non-hydrogen) atoms. The molecule has 0 atom stereocenters. The zero-order valence-electron chi connectivity index (χ0n) is 10.8. The van der Waals surface area contributed by atoms with Crippen molar-refractivity contribution in [1.29, 1.82) is 0 Å². The van der Waals surface area contributed by atoms with Gasteiger partial charge >= 0.3 is 0 Å². The van der Waals surface area contributed by atoms with E-state index in [4.69, 9.17) is 0 Å². The van der Waals surface area contributed by atoms with Crippen LogP contribution in [-0.4, -0.2) is 0 Å². The first-order valence-electron chi connectivity index (χ1n) is 6.56. The van der Waals surface area contributed by atoms with Gasteiger partial charge in [-0.2, -0.15) is 0 Å². The van der Waals surface area contributed by atoms with E-state index in [-0.39, 0.29) is 0 Å². The van der Waals surface area contributed by atoms with E-state index in [0.29, 0.717) is 0 Å². The molecule has 0 heteroatoms. The van der Waals surface area contributed by atoms with E-state index in [1.54, 1.807) is 0 Å². The predicted octanol–water partition coefficient (Wildman–Crippen LogP) is 5.58. The second-order valence-electron chi connectivity index (χ2n) is 4.03. The van der Waals surface area contributed by atoms with Gasteiger partial charge in [-0.05, 0) is 31.8 Å². The maximum Gasteiger partial charge on any atom is -0.00930 e. The molecule has 0 fully saturated rings. The minimum absolute atomic E-state index is 0.953. The molecule has 90 valence electrons. The summed E-state index contributed by atoms with van der Waals surface area (Å²) in [6.07, 6.45) is 21.0. The van der Waals surface area contributed by atoms with Crippen LogP contribution in [0.5, 0.6) is 0 Å².